The second kappa shape index (κ2) is 6.98. The summed E-state index contributed by atoms with van der Waals surface area (Å²) >= 11 is 2.03. The zero-order valence-electron chi connectivity index (χ0n) is 12.8. The number of benzene rings is 1. The van der Waals surface area contributed by atoms with E-state index in [1.54, 1.807) is 4.68 Å². The van der Waals surface area contributed by atoms with Crippen molar-refractivity contribution >= 4 is 23.9 Å². The van der Waals surface area contributed by atoms with Crippen molar-refractivity contribution in [3.05, 3.63) is 47.3 Å². The SMILES string of the molecule is Cc1cn(N=Cc2ccccc2CN2CCSCC2)c(N)n1. The minimum atomic E-state index is 0.416. The summed E-state index contributed by atoms with van der Waals surface area (Å²) in [4.78, 5) is 6.65. The number of imidazole rings is 1. The Morgan fingerprint density at radius 3 is 2.82 bits per heavy atom. The molecule has 1 aliphatic heterocycles. The number of hydrogen-bond acceptors (Lipinski definition) is 5. The van der Waals surface area contributed by atoms with Crippen molar-refractivity contribution in [3.63, 3.8) is 0 Å². The molecule has 1 aromatic heterocycles. The zero-order valence-corrected chi connectivity index (χ0v) is 13.6. The smallest absolute Gasteiger partial charge is 0.221 e. The van der Waals surface area contributed by atoms with E-state index in [9.17, 15) is 0 Å². The van der Waals surface area contributed by atoms with Gasteiger partial charge in [0.05, 0.1) is 18.1 Å². The molecule has 2 aromatic rings. The molecule has 2 N–H and O–H groups in total. The first-order valence-corrected chi connectivity index (χ1v) is 8.61. The summed E-state index contributed by atoms with van der Waals surface area (Å²) in [5, 5.41) is 4.43. The van der Waals surface area contributed by atoms with Gasteiger partial charge in [-0.2, -0.15) is 16.9 Å². The molecule has 0 saturated carbocycles. The molecule has 1 aromatic carbocycles. The molecule has 22 heavy (non-hydrogen) atoms. The van der Waals surface area contributed by atoms with Gasteiger partial charge in [-0.05, 0) is 18.1 Å². The largest absolute Gasteiger partial charge is 0.368 e. The molecule has 5 nitrogen and oxygen atoms in total. The molecule has 116 valence electrons. The Hall–Kier alpha value is -1.79. The van der Waals surface area contributed by atoms with Crippen molar-refractivity contribution in [1.29, 1.82) is 0 Å². The Kier molecular flexibility index (Phi) is 4.80. The number of nitrogens with zero attached hydrogens (tertiary/aromatic N) is 4. The minimum absolute atomic E-state index is 0.416. The highest BCUT2D eigenvalue weighted by molar-refractivity contribution is 7.99. The lowest BCUT2D eigenvalue weighted by Crippen LogP contribution is -2.32. The summed E-state index contributed by atoms with van der Waals surface area (Å²) in [5.41, 5.74) is 9.12. The maximum absolute atomic E-state index is 5.82. The van der Waals surface area contributed by atoms with Crippen molar-refractivity contribution in [2.75, 3.05) is 30.3 Å². The van der Waals surface area contributed by atoms with Crippen molar-refractivity contribution in [3.8, 4) is 0 Å². The third kappa shape index (κ3) is 3.69. The van der Waals surface area contributed by atoms with Gasteiger partial charge >= 0.3 is 0 Å². The lowest BCUT2D eigenvalue weighted by Gasteiger charge is -2.26. The number of aromatic nitrogens is 2. The third-order valence-electron chi connectivity index (χ3n) is 3.71. The van der Waals surface area contributed by atoms with E-state index in [-0.39, 0.29) is 0 Å². The zero-order chi connectivity index (χ0) is 15.4. The first-order valence-electron chi connectivity index (χ1n) is 7.46. The van der Waals surface area contributed by atoms with Crippen molar-refractivity contribution in [2.45, 2.75) is 13.5 Å². The topological polar surface area (TPSA) is 59.4 Å². The second-order valence-corrected chi connectivity index (χ2v) is 6.64. The molecule has 0 aliphatic carbocycles. The average Bonchev–Trinajstić information content (AvgIpc) is 2.85. The van der Waals surface area contributed by atoms with Crippen molar-refractivity contribution in [2.24, 2.45) is 5.10 Å². The highest BCUT2D eigenvalue weighted by Gasteiger charge is 2.12. The van der Waals surface area contributed by atoms with Crippen LogP contribution in [0.2, 0.25) is 0 Å². The van der Waals surface area contributed by atoms with Gasteiger partial charge in [0.2, 0.25) is 5.95 Å². The fourth-order valence-electron chi connectivity index (χ4n) is 2.53. The molecule has 0 unspecified atom stereocenters. The maximum atomic E-state index is 5.82. The van der Waals surface area contributed by atoms with Crippen LogP contribution in [0.15, 0.2) is 35.6 Å². The third-order valence-corrected chi connectivity index (χ3v) is 4.65. The molecule has 3 rings (SSSR count). The molecule has 1 saturated heterocycles. The van der Waals surface area contributed by atoms with E-state index in [0.29, 0.717) is 5.95 Å². The van der Waals surface area contributed by atoms with Crippen LogP contribution in [0.3, 0.4) is 0 Å². The molecule has 0 atom stereocenters. The molecule has 1 fully saturated rings. The fourth-order valence-corrected chi connectivity index (χ4v) is 3.50. The molecule has 1 aliphatic rings. The van der Waals surface area contributed by atoms with Crippen molar-refractivity contribution in [1.82, 2.24) is 14.6 Å². The second-order valence-electron chi connectivity index (χ2n) is 5.42. The molecule has 0 amide bonds. The van der Waals surface area contributed by atoms with E-state index in [1.165, 1.54) is 17.1 Å². The van der Waals surface area contributed by atoms with Crippen LogP contribution >= 0.6 is 11.8 Å². The number of aryl methyl sites for hydroxylation is 1. The highest BCUT2D eigenvalue weighted by Crippen LogP contribution is 2.15. The van der Waals surface area contributed by atoms with Gasteiger partial charge < -0.3 is 5.73 Å². The van der Waals surface area contributed by atoms with Crippen LogP contribution < -0.4 is 5.73 Å². The van der Waals surface area contributed by atoms with E-state index in [1.807, 2.05) is 37.2 Å². The van der Waals surface area contributed by atoms with Crippen LogP contribution in [-0.2, 0) is 6.54 Å². The fraction of sp³-hybridized carbons (Fsp3) is 0.375. The molecule has 2 heterocycles. The molecule has 0 bridgehead atoms. The van der Waals surface area contributed by atoms with E-state index in [4.69, 9.17) is 5.73 Å². The first kappa shape index (κ1) is 15.1. The number of nitrogen functional groups attached to an aromatic ring is 1. The average molecular weight is 315 g/mol. The monoisotopic (exact) mass is 315 g/mol. The van der Waals surface area contributed by atoms with Gasteiger partial charge in [0.25, 0.3) is 0 Å². The van der Waals surface area contributed by atoms with Gasteiger partial charge in [-0.1, -0.05) is 24.3 Å². The summed E-state index contributed by atoms with van der Waals surface area (Å²) < 4.78 is 1.61. The van der Waals surface area contributed by atoms with Crippen LogP contribution in [0, 0.1) is 6.92 Å². The van der Waals surface area contributed by atoms with Crippen molar-refractivity contribution < 1.29 is 0 Å². The molecule has 6 heteroatoms. The number of thioether (sulfide) groups is 1. The van der Waals surface area contributed by atoms with E-state index in [2.05, 4.69) is 33.2 Å². The summed E-state index contributed by atoms with van der Waals surface area (Å²) in [6.07, 6.45) is 3.70. The lowest BCUT2D eigenvalue weighted by atomic mass is 10.1. The normalized spacial score (nSPS) is 16.4. The summed E-state index contributed by atoms with van der Waals surface area (Å²) in [6, 6.07) is 8.39. The minimum Gasteiger partial charge on any atom is -0.368 e. The van der Waals surface area contributed by atoms with Crippen LogP contribution in [0.25, 0.3) is 0 Å². The predicted octanol–water partition coefficient (Wildman–Crippen LogP) is 2.20. The Bertz CT molecular complexity index is 658. The van der Waals surface area contributed by atoms with Crippen LogP contribution in [0.5, 0.6) is 0 Å². The summed E-state index contributed by atoms with van der Waals surface area (Å²) in [7, 11) is 0. The number of rotatable bonds is 4. The van der Waals surface area contributed by atoms with Gasteiger partial charge in [0, 0.05) is 31.1 Å². The number of nitrogens with two attached hydrogens (primary N) is 1. The lowest BCUT2D eigenvalue weighted by molar-refractivity contribution is 0.294. The van der Waals surface area contributed by atoms with Gasteiger partial charge in [0.15, 0.2) is 0 Å². The van der Waals surface area contributed by atoms with Crippen LogP contribution in [0.4, 0.5) is 5.95 Å². The van der Waals surface area contributed by atoms with E-state index >= 15 is 0 Å². The van der Waals surface area contributed by atoms with Gasteiger partial charge in [-0.25, -0.2) is 9.66 Å². The van der Waals surface area contributed by atoms with Gasteiger partial charge in [-0.3, -0.25) is 4.90 Å². The summed E-state index contributed by atoms with van der Waals surface area (Å²) in [6.45, 7) is 5.19. The Labute approximate surface area is 135 Å². The number of anilines is 1. The van der Waals surface area contributed by atoms with Crippen LogP contribution in [-0.4, -0.2) is 45.4 Å². The highest BCUT2D eigenvalue weighted by atomic mass is 32.2. The number of hydrogen-bond donors (Lipinski definition) is 1. The molecule has 0 spiro atoms. The molecular weight excluding hydrogens is 294 g/mol. The molecular formula is C16H21N5S. The van der Waals surface area contributed by atoms with Gasteiger partial charge in [-0.15, -0.1) is 0 Å². The first-order chi connectivity index (χ1) is 10.7. The predicted molar refractivity (Wildman–Crippen MR) is 93.4 cm³/mol. The van der Waals surface area contributed by atoms with E-state index in [0.717, 1.165) is 30.9 Å². The molecule has 0 radical (unpaired) electrons. The van der Waals surface area contributed by atoms with Gasteiger partial charge in [0.1, 0.15) is 0 Å². The van der Waals surface area contributed by atoms with Crippen LogP contribution in [0.1, 0.15) is 16.8 Å². The van der Waals surface area contributed by atoms with E-state index < -0.39 is 0 Å². The Balaban J connectivity index is 1.77. The Morgan fingerprint density at radius 1 is 1.32 bits per heavy atom. The summed E-state index contributed by atoms with van der Waals surface area (Å²) in [5.74, 6) is 2.86. The maximum Gasteiger partial charge on any atom is 0.221 e. The quantitative estimate of drug-likeness (QED) is 0.879. The standard InChI is InChI=1S/C16H21N5S/c1-13-11-21(16(17)19-13)18-10-14-4-2-3-5-15(14)12-20-6-8-22-9-7-20/h2-5,10-11H,6-9,12H2,1H3,(H2,17,19). The Morgan fingerprint density at radius 2 is 2.09 bits per heavy atom.